The molecule has 1 aromatic carbocycles. The summed E-state index contributed by atoms with van der Waals surface area (Å²) in [5.74, 6) is 0.683. The van der Waals surface area contributed by atoms with Crippen molar-refractivity contribution in [2.45, 2.75) is 31.6 Å². The number of ether oxygens (including phenoxy) is 1. The van der Waals surface area contributed by atoms with E-state index in [9.17, 15) is 0 Å². The lowest BCUT2D eigenvalue weighted by atomic mass is 9.64. The molecule has 2 N–H and O–H groups in total. The highest BCUT2D eigenvalue weighted by Crippen LogP contribution is 2.44. The van der Waals surface area contributed by atoms with E-state index in [-0.39, 0.29) is 5.41 Å². The van der Waals surface area contributed by atoms with Gasteiger partial charge in [0, 0.05) is 12.0 Å². The fourth-order valence-corrected chi connectivity index (χ4v) is 2.65. The van der Waals surface area contributed by atoms with Crippen LogP contribution in [0.1, 0.15) is 36.0 Å². The molecule has 17 heavy (non-hydrogen) atoms. The first-order valence-corrected chi connectivity index (χ1v) is 5.96. The number of benzene rings is 1. The molecule has 3 heteroatoms. The van der Waals surface area contributed by atoms with Crippen molar-refractivity contribution in [2.24, 2.45) is 5.73 Å². The number of methoxy groups -OCH3 is 1. The van der Waals surface area contributed by atoms with Crippen LogP contribution in [-0.2, 0) is 5.41 Å². The summed E-state index contributed by atoms with van der Waals surface area (Å²) in [6.07, 6.45) is 3.48. The van der Waals surface area contributed by atoms with Crippen LogP contribution >= 0.6 is 0 Å². The number of nitrogens with zero attached hydrogens (tertiary/aromatic N) is 1. The molecule has 1 aromatic rings. The molecule has 0 heterocycles. The lowest BCUT2D eigenvalue weighted by Crippen LogP contribution is -2.41. The average molecular weight is 230 g/mol. The van der Waals surface area contributed by atoms with Crippen LogP contribution in [0.2, 0.25) is 0 Å². The van der Waals surface area contributed by atoms with Gasteiger partial charge in [-0.25, -0.2) is 0 Å². The zero-order chi connectivity index (χ0) is 12.5. The van der Waals surface area contributed by atoms with Crippen LogP contribution < -0.4 is 10.5 Å². The Labute approximate surface area is 102 Å². The second-order valence-corrected chi connectivity index (χ2v) is 4.82. The third-order valence-corrected chi connectivity index (χ3v) is 3.91. The largest absolute Gasteiger partial charge is 0.495 e. The van der Waals surface area contributed by atoms with Crippen LogP contribution in [0.3, 0.4) is 0 Å². The molecule has 0 bridgehead atoms. The van der Waals surface area contributed by atoms with Gasteiger partial charge in [0.2, 0.25) is 0 Å². The van der Waals surface area contributed by atoms with Crippen molar-refractivity contribution in [3.05, 3.63) is 28.8 Å². The van der Waals surface area contributed by atoms with Crippen molar-refractivity contribution in [1.29, 1.82) is 5.26 Å². The molecule has 0 amide bonds. The normalized spacial score (nSPS) is 17.1. The molecule has 3 nitrogen and oxygen atoms in total. The van der Waals surface area contributed by atoms with Gasteiger partial charge in [0.25, 0.3) is 0 Å². The molecule has 1 fully saturated rings. The van der Waals surface area contributed by atoms with Gasteiger partial charge in [-0.2, -0.15) is 5.26 Å². The van der Waals surface area contributed by atoms with E-state index in [0.717, 1.165) is 18.4 Å². The van der Waals surface area contributed by atoms with Gasteiger partial charge in [0.05, 0.1) is 12.7 Å². The van der Waals surface area contributed by atoms with Crippen molar-refractivity contribution < 1.29 is 4.74 Å². The molecule has 1 aliphatic rings. The molecular formula is C14H18N2O. The zero-order valence-electron chi connectivity index (χ0n) is 10.4. The smallest absolute Gasteiger partial charge is 0.139 e. The number of hydrogen-bond donors (Lipinski definition) is 1. The predicted molar refractivity (Wildman–Crippen MR) is 67.0 cm³/mol. The molecule has 0 aromatic heterocycles. The molecule has 90 valence electrons. The van der Waals surface area contributed by atoms with Gasteiger partial charge in [-0.15, -0.1) is 0 Å². The van der Waals surface area contributed by atoms with Crippen LogP contribution in [0.5, 0.6) is 5.75 Å². The summed E-state index contributed by atoms with van der Waals surface area (Å²) in [6.45, 7) is 2.63. The van der Waals surface area contributed by atoms with E-state index in [1.807, 2.05) is 13.0 Å². The van der Waals surface area contributed by atoms with Gasteiger partial charge in [-0.3, -0.25) is 0 Å². The van der Waals surface area contributed by atoms with E-state index in [0.29, 0.717) is 17.9 Å². The zero-order valence-corrected chi connectivity index (χ0v) is 10.4. The number of hydrogen-bond acceptors (Lipinski definition) is 3. The molecule has 0 aliphatic heterocycles. The van der Waals surface area contributed by atoms with Gasteiger partial charge in [0.15, 0.2) is 0 Å². The summed E-state index contributed by atoms with van der Waals surface area (Å²) in [6, 6.07) is 6.27. The summed E-state index contributed by atoms with van der Waals surface area (Å²) in [5, 5.41) is 9.17. The Bertz CT molecular complexity index is 464. The Hall–Kier alpha value is -1.53. The fourth-order valence-electron chi connectivity index (χ4n) is 2.65. The molecule has 0 radical (unpaired) electrons. The van der Waals surface area contributed by atoms with Gasteiger partial charge in [0.1, 0.15) is 11.8 Å². The minimum Gasteiger partial charge on any atom is -0.495 e. The maximum atomic E-state index is 9.17. The molecule has 2 rings (SSSR count). The molecule has 0 unspecified atom stereocenters. The molecule has 1 aliphatic carbocycles. The summed E-state index contributed by atoms with van der Waals surface area (Å²) in [4.78, 5) is 0. The van der Waals surface area contributed by atoms with Crippen LogP contribution in [-0.4, -0.2) is 13.7 Å². The van der Waals surface area contributed by atoms with Crippen molar-refractivity contribution in [3.63, 3.8) is 0 Å². The minimum absolute atomic E-state index is 0.0998. The van der Waals surface area contributed by atoms with Gasteiger partial charge >= 0.3 is 0 Å². The first-order chi connectivity index (χ1) is 8.16. The lowest BCUT2D eigenvalue weighted by molar-refractivity contribution is 0.252. The summed E-state index contributed by atoms with van der Waals surface area (Å²) in [5.41, 5.74) is 8.82. The molecule has 0 saturated heterocycles. The standard InChI is InChI=1S/C14H18N2O/c1-10-6-12(14(9-16)4-3-5-14)7-11(8-15)13(10)17-2/h6-7H,3-5,9,16H2,1-2H3. The van der Waals surface area contributed by atoms with Gasteiger partial charge in [-0.1, -0.05) is 12.5 Å². The lowest BCUT2D eigenvalue weighted by Gasteiger charge is -2.42. The summed E-state index contributed by atoms with van der Waals surface area (Å²) < 4.78 is 5.27. The topological polar surface area (TPSA) is 59.0 Å². The molecule has 1 saturated carbocycles. The summed E-state index contributed by atoms with van der Waals surface area (Å²) in [7, 11) is 1.60. The quantitative estimate of drug-likeness (QED) is 0.866. The first-order valence-electron chi connectivity index (χ1n) is 5.96. The van der Waals surface area contributed by atoms with Gasteiger partial charge in [-0.05, 0) is 37.0 Å². The predicted octanol–water partition coefficient (Wildman–Crippen LogP) is 2.26. The van der Waals surface area contributed by atoms with Crippen LogP contribution in [0.25, 0.3) is 0 Å². The van der Waals surface area contributed by atoms with Crippen molar-refractivity contribution in [1.82, 2.24) is 0 Å². The second-order valence-electron chi connectivity index (χ2n) is 4.82. The third-order valence-electron chi connectivity index (χ3n) is 3.91. The van der Waals surface area contributed by atoms with E-state index in [1.165, 1.54) is 12.0 Å². The number of nitrogens with two attached hydrogens (primary N) is 1. The van der Waals surface area contributed by atoms with Crippen LogP contribution in [0, 0.1) is 18.3 Å². The van der Waals surface area contributed by atoms with Crippen LogP contribution in [0.4, 0.5) is 0 Å². The van der Waals surface area contributed by atoms with Crippen molar-refractivity contribution in [3.8, 4) is 11.8 Å². The third kappa shape index (κ3) is 1.79. The van der Waals surface area contributed by atoms with Crippen molar-refractivity contribution >= 4 is 0 Å². The minimum atomic E-state index is 0.0998. The second kappa shape index (κ2) is 4.38. The Balaban J connectivity index is 2.51. The highest BCUT2D eigenvalue weighted by Gasteiger charge is 2.37. The maximum Gasteiger partial charge on any atom is 0.139 e. The number of nitriles is 1. The molecule has 0 spiro atoms. The maximum absolute atomic E-state index is 9.17. The fraction of sp³-hybridized carbons (Fsp3) is 0.500. The van der Waals surface area contributed by atoms with E-state index in [4.69, 9.17) is 15.7 Å². The molecular weight excluding hydrogens is 212 g/mol. The number of aryl methyl sites for hydroxylation is 1. The summed E-state index contributed by atoms with van der Waals surface area (Å²) >= 11 is 0. The highest BCUT2D eigenvalue weighted by molar-refractivity contribution is 5.52. The Morgan fingerprint density at radius 3 is 2.59 bits per heavy atom. The van der Waals surface area contributed by atoms with Crippen LogP contribution in [0.15, 0.2) is 12.1 Å². The Kier molecular flexibility index (Phi) is 3.08. The van der Waals surface area contributed by atoms with E-state index in [1.54, 1.807) is 7.11 Å². The monoisotopic (exact) mass is 230 g/mol. The average Bonchev–Trinajstić information content (AvgIpc) is 2.27. The molecule has 0 atom stereocenters. The Morgan fingerprint density at radius 2 is 2.18 bits per heavy atom. The SMILES string of the molecule is COc1c(C)cc(C2(CN)CCC2)cc1C#N. The van der Waals surface area contributed by atoms with Gasteiger partial charge < -0.3 is 10.5 Å². The van der Waals surface area contributed by atoms with E-state index < -0.39 is 0 Å². The van der Waals surface area contributed by atoms with E-state index >= 15 is 0 Å². The Morgan fingerprint density at radius 1 is 1.47 bits per heavy atom. The highest BCUT2D eigenvalue weighted by atomic mass is 16.5. The first kappa shape index (κ1) is 11.9. The van der Waals surface area contributed by atoms with Crippen molar-refractivity contribution in [2.75, 3.05) is 13.7 Å². The van der Waals surface area contributed by atoms with E-state index in [2.05, 4.69) is 12.1 Å². The number of rotatable bonds is 3.